The standard InChI is InChI=1S/C24H31N3O4/c1-3-4-19-5-8-22(9-6-19)31-18-24(28)26-25-16-20-7-10-23(29-2)21(15-20)17-27-11-13-30-14-12-27/h5-10,15-16H,3-4,11-14,17-18H2,1-2H3,(H,26,28). The third kappa shape index (κ3) is 7.38. The highest BCUT2D eigenvalue weighted by Gasteiger charge is 2.13. The van der Waals surface area contributed by atoms with Crippen LogP contribution in [0.2, 0.25) is 0 Å². The molecule has 0 atom stereocenters. The van der Waals surface area contributed by atoms with Crippen LogP contribution in [0.1, 0.15) is 30.0 Å². The lowest BCUT2D eigenvalue weighted by molar-refractivity contribution is -0.123. The maximum Gasteiger partial charge on any atom is 0.277 e. The number of benzene rings is 2. The molecular weight excluding hydrogens is 394 g/mol. The van der Waals surface area contributed by atoms with E-state index in [1.165, 1.54) is 5.56 Å². The van der Waals surface area contributed by atoms with Gasteiger partial charge in [0.2, 0.25) is 0 Å². The summed E-state index contributed by atoms with van der Waals surface area (Å²) in [7, 11) is 1.67. The zero-order valence-electron chi connectivity index (χ0n) is 18.3. The molecule has 3 rings (SSSR count). The van der Waals surface area contributed by atoms with Crippen LogP contribution in [0.15, 0.2) is 47.6 Å². The summed E-state index contributed by atoms with van der Waals surface area (Å²) >= 11 is 0. The van der Waals surface area contributed by atoms with Crippen molar-refractivity contribution in [3.05, 3.63) is 59.2 Å². The Hall–Kier alpha value is -2.90. The molecule has 7 heteroatoms. The van der Waals surface area contributed by atoms with Gasteiger partial charge in [-0.25, -0.2) is 5.43 Å². The molecule has 0 saturated carbocycles. The van der Waals surface area contributed by atoms with Crippen molar-refractivity contribution in [1.82, 2.24) is 10.3 Å². The molecule has 0 aliphatic carbocycles. The number of carbonyl (C=O) groups excluding carboxylic acids is 1. The highest BCUT2D eigenvalue weighted by Crippen LogP contribution is 2.21. The van der Waals surface area contributed by atoms with Crippen molar-refractivity contribution in [3.8, 4) is 11.5 Å². The first-order chi connectivity index (χ1) is 15.2. The molecule has 1 aliphatic rings. The second-order valence-corrected chi connectivity index (χ2v) is 7.44. The first-order valence-corrected chi connectivity index (χ1v) is 10.7. The Morgan fingerprint density at radius 2 is 1.97 bits per heavy atom. The van der Waals surface area contributed by atoms with Crippen LogP contribution in [0.5, 0.6) is 11.5 Å². The molecule has 1 saturated heterocycles. The molecule has 0 radical (unpaired) electrons. The summed E-state index contributed by atoms with van der Waals surface area (Å²) in [4.78, 5) is 14.3. The number of nitrogens with zero attached hydrogens (tertiary/aromatic N) is 2. The van der Waals surface area contributed by atoms with E-state index >= 15 is 0 Å². The van der Waals surface area contributed by atoms with Gasteiger partial charge in [-0.15, -0.1) is 0 Å². The van der Waals surface area contributed by atoms with E-state index in [0.29, 0.717) is 5.75 Å². The molecule has 2 aromatic carbocycles. The number of rotatable bonds is 10. The summed E-state index contributed by atoms with van der Waals surface area (Å²) < 4.78 is 16.4. The summed E-state index contributed by atoms with van der Waals surface area (Å²) in [5, 5.41) is 4.06. The molecule has 2 aromatic rings. The molecular formula is C24H31N3O4. The van der Waals surface area contributed by atoms with E-state index in [1.807, 2.05) is 42.5 Å². The van der Waals surface area contributed by atoms with E-state index in [2.05, 4.69) is 22.4 Å². The van der Waals surface area contributed by atoms with E-state index in [-0.39, 0.29) is 12.5 Å². The summed E-state index contributed by atoms with van der Waals surface area (Å²) in [5.41, 5.74) is 5.73. The average molecular weight is 426 g/mol. The van der Waals surface area contributed by atoms with Gasteiger partial charge in [-0.1, -0.05) is 25.5 Å². The van der Waals surface area contributed by atoms with Crippen LogP contribution < -0.4 is 14.9 Å². The van der Waals surface area contributed by atoms with Crippen molar-refractivity contribution >= 4 is 12.1 Å². The van der Waals surface area contributed by atoms with Gasteiger partial charge in [0.1, 0.15) is 11.5 Å². The number of carbonyl (C=O) groups is 1. The SMILES string of the molecule is CCCc1ccc(OCC(=O)NN=Cc2ccc(OC)c(CN3CCOCC3)c2)cc1. The fourth-order valence-corrected chi connectivity index (χ4v) is 3.40. The quantitative estimate of drug-likeness (QED) is 0.468. The molecule has 7 nitrogen and oxygen atoms in total. The summed E-state index contributed by atoms with van der Waals surface area (Å²) in [6, 6.07) is 13.7. The van der Waals surface area contributed by atoms with Crippen molar-refractivity contribution < 1.29 is 19.0 Å². The van der Waals surface area contributed by atoms with Crippen LogP contribution in [0.3, 0.4) is 0 Å². The first kappa shape index (κ1) is 22.8. The molecule has 0 spiro atoms. The highest BCUT2D eigenvalue weighted by atomic mass is 16.5. The molecule has 1 aliphatic heterocycles. The number of hydrazone groups is 1. The van der Waals surface area contributed by atoms with Crippen LogP contribution >= 0.6 is 0 Å². The Balaban J connectivity index is 1.49. The lowest BCUT2D eigenvalue weighted by atomic mass is 10.1. The zero-order chi connectivity index (χ0) is 21.9. The molecule has 0 aromatic heterocycles. The fourth-order valence-electron chi connectivity index (χ4n) is 3.40. The van der Waals surface area contributed by atoms with Gasteiger partial charge in [0.15, 0.2) is 6.61 Å². The van der Waals surface area contributed by atoms with Gasteiger partial charge < -0.3 is 14.2 Å². The van der Waals surface area contributed by atoms with Crippen LogP contribution in [-0.2, 0) is 22.5 Å². The van der Waals surface area contributed by atoms with Gasteiger partial charge in [-0.2, -0.15) is 5.10 Å². The van der Waals surface area contributed by atoms with Crippen molar-refractivity contribution in [2.75, 3.05) is 40.0 Å². The third-order valence-electron chi connectivity index (χ3n) is 5.04. The van der Waals surface area contributed by atoms with Gasteiger partial charge in [0.05, 0.1) is 26.5 Å². The number of nitrogens with one attached hydrogen (secondary N) is 1. The molecule has 0 bridgehead atoms. The predicted molar refractivity (Wildman–Crippen MR) is 121 cm³/mol. The van der Waals surface area contributed by atoms with Gasteiger partial charge in [0, 0.05) is 25.2 Å². The van der Waals surface area contributed by atoms with E-state index in [1.54, 1.807) is 13.3 Å². The third-order valence-corrected chi connectivity index (χ3v) is 5.04. The summed E-state index contributed by atoms with van der Waals surface area (Å²) in [6.45, 7) is 6.14. The van der Waals surface area contributed by atoms with Crippen molar-refractivity contribution in [2.45, 2.75) is 26.3 Å². The van der Waals surface area contributed by atoms with E-state index in [9.17, 15) is 4.79 Å². The topological polar surface area (TPSA) is 72.4 Å². The normalized spacial score (nSPS) is 14.5. The smallest absolute Gasteiger partial charge is 0.277 e. The number of amides is 1. The lowest BCUT2D eigenvalue weighted by Gasteiger charge is -2.27. The molecule has 166 valence electrons. The van der Waals surface area contributed by atoms with Crippen LogP contribution in [-0.4, -0.2) is 57.0 Å². The number of morpholine rings is 1. The predicted octanol–water partition coefficient (Wildman–Crippen LogP) is 3.01. The van der Waals surface area contributed by atoms with Crippen molar-refractivity contribution in [3.63, 3.8) is 0 Å². The van der Waals surface area contributed by atoms with Crippen molar-refractivity contribution in [1.29, 1.82) is 0 Å². The maximum absolute atomic E-state index is 12.0. The van der Waals surface area contributed by atoms with Crippen LogP contribution in [0.4, 0.5) is 0 Å². The minimum Gasteiger partial charge on any atom is -0.496 e. The van der Waals surface area contributed by atoms with Crippen molar-refractivity contribution in [2.24, 2.45) is 5.10 Å². The maximum atomic E-state index is 12.0. The lowest BCUT2D eigenvalue weighted by Crippen LogP contribution is -2.35. The van der Waals surface area contributed by atoms with E-state index in [4.69, 9.17) is 14.2 Å². The monoisotopic (exact) mass is 425 g/mol. The Bertz CT molecular complexity index is 862. The van der Waals surface area contributed by atoms with Gasteiger partial charge in [-0.3, -0.25) is 9.69 Å². The minimum atomic E-state index is -0.309. The second-order valence-electron chi connectivity index (χ2n) is 7.44. The Kier molecular flexibility index (Phi) is 8.87. The number of hydrogen-bond acceptors (Lipinski definition) is 6. The molecule has 0 unspecified atom stereocenters. The molecule has 1 amide bonds. The second kappa shape index (κ2) is 12.1. The molecule has 31 heavy (non-hydrogen) atoms. The van der Waals surface area contributed by atoms with Crippen LogP contribution in [0, 0.1) is 0 Å². The Labute approximate surface area is 184 Å². The van der Waals surface area contributed by atoms with E-state index in [0.717, 1.165) is 62.6 Å². The fraction of sp³-hybridized carbons (Fsp3) is 0.417. The number of aryl methyl sites for hydroxylation is 1. The molecule has 1 heterocycles. The summed E-state index contributed by atoms with van der Waals surface area (Å²) in [6.07, 6.45) is 3.76. The highest BCUT2D eigenvalue weighted by molar-refractivity contribution is 5.83. The number of ether oxygens (including phenoxy) is 3. The minimum absolute atomic E-state index is 0.0879. The van der Waals surface area contributed by atoms with Gasteiger partial charge in [-0.05, 0) is 47.9 Å². The first-order valence-electron chi connectivity index (χ1n) is 10.7. The Morgan fingerprint density at radius 3 is 2.68 bits per heavy atom. The summed E-state index contributed by atoms with van der Waals surface area (Å²) in [5.74, 6) is 1.20. The largest absolute Gasteiger partial charge is 0.496 e. The molecule has 1 fully saturated rings. The number of methoxy groups -OCH3 is 1. The average Bonchev–Trinajstić information content (AvgIpc) is 2.80. The van der Waals surface area contributed by atoms with Gasteiger partial charge in [0.25, 0.3) is 5.91 Å². The van der Waals surface area contributed by atoms with Gasteiger partial charge >= 0.3 is 0 Å². The number of hydrogen-bond donors (Lipinski definition) is 1. The Morgan fingerprint density at radius 1 is 1.19 bits per heavy atom. The van der Waals surface area contributed by atoms with E-state index < -0.39 is 0 Å². The molecule has 1 N–H and O–H groups in total. The zero-order valence-corrected chi connectivity index (χ0v) is 18.3. The van der Waals surface area contributed by atoms with Crippen LogP contribution in [0.25, 0.3) is 0 Å².